The summed E-state index contributed by atoms with van der Waals surface area (Å²) in [5.41, 5.74) is 6.89. The molecule has 2 aliphatic heterocycles. The Bertz CT molecular complexity index is 1300. The van der Waals surface area contributed by atoms with Crippen LogP contribution in [0, 0.1) is 18.8 Å². The molecule has 2 aromatic heterocycles. The van der Waals surface area contributed by atoms with E-state index in [1.807, 2.05) is 4.90 Å². The number of hydrogen-bond donors (Lipinski definition) is 5. The van der Waals surface area contributed by atoms with Gasteiger partial charge >= 0.3 is 18.1 Å². The topological polar surface area (TPSA) is 178 Å². The number of nitrogens with two attached hydrogens (primary N) is 1. The minimum atomic E-state index is -5.08. The number of aromatic nitrogens is 3. The first-order valence-corrected chi connectivity index (χ1v) is 12.9. The lowest BCUT2D eigenvalue weighted by atomic mass is 10.1. The first-order valence-electron chi connectivity index (χ1n) is 12.2. The largest absolute Gasteiger partial charge is 0.490 e. The maximum absolute atomic E-state index is 12.6. The fourth-order valence-corrected chi connectivity index (χ4v) is 5.23. The number of H-pyrrole nitrogens is 1. The summed E-state index contributed by atoms with van der Waals surface area (Å²) in [6, 6.07) is 1.71. The van der Waals surface area contributed by atoms with Gasteiger partial charge in [0.05, 0.1) is 10.0 Å². The molecule has 0 radical (unpaired) electrons. The van der Waals surface area contributed by atoms with Crippen LogP contribution < -0.4 is 20.9 Å². The molecule has 3 atom stereocenters. The molecule has 0 bridgehead atoms. The Kier molecular flexibility index (Phi) is 8.38. The number of nitrogens with one attached hydrogen (secondary N) is 2. The first kappa shape index (κ1) is 29.7. The lowest BCUT2D eigenvalue weighted by molar-refractivity contribution is -0.192. The van der Waals surface area contributed by atoms with Gasteiger partial charge in [0.2, 0.25) is 5.95 Å². The van der Waals surface area contributed by atoms with Crippen LogP contribution in [0.5, 0.6) is 0 Å². The number of piperidine rings is 2. The summed E-state index contributed by atoms with van der Waals surface area (Å²) in [4.78, 5) is 49.1. The van der Waals surface area contributed by atoms with Gasteiger partial charge < -0.3 is 36.0 Å². The Labute approximate surface area is 235 Å². The van der Waals surface area contributed by atoms with Gasteiger partial charge in [0.1, 0.15) is 11.5 Å². The van der Waals surface area contributed by atoms with Gasteiger partial charge in [-0.05, 0) is 19.8 Å². The number of carboxylic acids is 2. The maximum atomic E-state index is 12.6. The third-order valence-electron chi connectivity index (χ3n) is 7.08. The molecule has 0 aromatic carbocycles. The molecule has 5 rings (SSSR count). The van der Waals surface area contributed by atoms with Crippen LogP contribution in [0.2, 0.25) is 10.0 Å². The van der Waals surface area contributed by atoms with Gasteiger partial charge in [-0.15, -0.1) is 0 Å². The molecule has 12 nitrogen and oxygen atoms in total. The zero-order valence-corrected chi connectivity index (χ0v) is 22.5. The third-order valence-corrected chi connectivity index (χ3v) is 8.03. The lowest BCUT2D eigenvalue weighted by Gasteiger charge is -2.31. The van der Waals surface area contributed by atoms with Crippen LogP contribution in [0.4, 0.5) is 24.9 Å². The van der Waals surface area contributed by atoms with Gasteiger partial charge in [0.15, 0.2) is 5.69 Å². The number of carboxylic acid groups (broad SMARTS) is 2. The number of fused-ring (bicyclic) bond motifs is 1. The second-order valence-corrected chi connectivity index (χ2v) is 10.6. The Balaban J connectivity index is 0.000000470. The Morgan fingerprint density at radius 2 is 1.65 bits per heavy atom. The molecular weight excluding hydrogens is 582 g/mol. The van der Waals surface area contributed by atoms with Crippen molar-refractivity contribution < 1.29 is 37.8 Å². The van der Waals surface area contributed by atoms with Crippen LogP contribution in [0.15, 0.2) is 6.07 Å². The summed E-state index contributed by atoms with van der Waals surface area (Å²) in [6.07, 6.45) is -3.44. The van der Waals surface area contributed by atoms with Crippen LogP contribution in [-0.2, 0) is 4.79 Å². The second-order valence-electron chi connectivity index (χ2n) is 9.83. The minimum absolute atomic E-state index is 0.0241. The van der Waals surface area contributed by atoms with E-state index < -0.39 is 18.1 Å². The second kappa shape index (κ2) is 11.3. The van der Waals surface area contributed by atoms with Crippen molar-refractivity contribution in [2.75, 3.05) is 36.0 Å². The number of aliphatic carboxylic acids is 1. The van der Waals surface area contributed by atoms with Gasteiger partial charge in [-0.3, -0.25) is 4.79 Å². The number of nitrogens with zero attached hydrogens (tertiary/aromatic N) is 4. The molecule has 2 saturated heterocycles. The van der Waals surface area contributed by atoms with Crippen molar-refractivity contribution in [3.63, 3.8) is 0 Å². The van der Waals surface area contributed by atoms with E-state index in [1.54, 1.807) is 6.92 Å². The Hall–Kier alpha value is -3.30. The number of carbonyl (C=O) groups is 3. The molecule has 3 aliphatic rings. The van der Waals surface area contributed by atoms with Crippen LogP contribution in [0.3, 0.4) is 0 Å². The standard InChI is InChI=1S/C21H25Cl2N7O3.C2HF3O2/c1-9-15(22)16(23)18(25-9)19(31)28-17-11-7-30(8-12(11)17)14-6-13(20(32)33)26-21(27-14)29-4-2-10(24)3-5-29;3-2(4,5)1(6)7/h6,10-12,17,25H,2-5,7-8,24H2,1H3,(H,28,31)(H,32,33);(H,6,7)/t11-,12+,17-;. The molecule has 6 N–H and O–H groups in total. The number of amides is 1. The van der Waals surface area contributed by atoms with E-state index >= 15 is 0 Å². The normalized spacial score (nSPS) is 22.3. The summed E-state index contributed by atoms with van der Waals surface area (Å²) < 4.78 is 31.7. The highest BCUT2D eigenvalue weighted by Crippen LogP contribution is 2.47. The molecule has 218 valence electrons. The monoisotopic (exact) mass is 607 g/mol. The van der Waals surface area contributed by atoms with Crippen molar-refractivity contribution in [1.82, 2.24) is 20.3 Å². The molecule has 2 aromatic rings. The highest BCUT2D eigenvalue weighted by atomic mass is 35.5. The molecule has 0 unspecified atom stereocenters. The van der Waals surface area contributed by atoms with Gasteiger partial charge in [0.25, 0.3) is 5.91 Å². The van der Waals surface area contributed by atoms with Crippen molar-refractivity contribution in [3.05, 3.63) is 33.2 Å². The molecule has 40 heavy (non-hydrogen) atoms. The van der Waals surface area contributed by atoms with E-state index in [4.69, 9.17) is 38.8 Å². The number of halogens is 5. The SMILES string of the molecule is Cc1[nH]c(C(=O)N[C@@H]2[C@@H]3CN(c4cc(C(=O)O)nc(N5CCC(N)CC5)n4)C[C@@H]32)c(Cl)c1Cl.O=C(O)C(F)(F)F. The van der Waals surface area contributed by atoms with Gasteiger partial charge in [-0.2, -0.15) is 18.2 Å². The average Bonchev–Trinajstić information content (AvgIpc) is 3.19. The summed E-state index contributed by atoms with van der Waals surface area (Å²) in [7, 11) is 0. The lowest BCUT2D eigenvalue weighted by Crippen LogP contribution is -2.41. The van der Waals surface area contributed by atoms with Gasteiger partial charge in [-0.25, -0.2) is 14.6 Å². The fourth-order valence-electron chi connectivity index (χ4n) is 4.81. The smallest absolute Gasteiger partial charge is 0.477 e. The quantitative estimate of drug-likeness (QED) is 0.339. The molecule has 1 saturated carbocycles. The Morgan fingerprint density at radius 1 is 1.07 bits per heavy atom. The summed E-state index contributed by atoms with van der Waals surface area (Å²) in [5.74, 6) is -2.57. The minimum Gasteiger partial charge on any atom is -0.477 e. The van der Waals surface area contributed by atoms with E-state index in [-0.39, 0.29) is 46.2 Å². The maximum Gasteiger partial charge on any atom is 0.490 e. The number of aromatic amines is 1. The molecule has 0 spiro atoms. The number of hydrogen-bond acceptors (Lipinski definition) is 8. The zero-order valence-electron chi connectivity index (χ0n) is 21.0. The number of anilines is 2. The molecule has 1 amide bonds. The van der Waals surface area contributed by atoms with E-state index in [1.165, 1.54) is 6.07 Å². The van der Waals surface area contributed by atoms with E-state index in [0.717, 1.165) is 12.8 Å². The fraction of sp³-hybridized carbons (Fsp3) is 0.522. The number of alkyl halides is 3. The number of carbonyl (C=O) groups excluding carboxylic acids is 1. The van der Waals surface area contributed by atoms with E-state index in [0.29, 0.717) is 48.7 Å². The number of rotatable bonds is 5. The highest BCUT2D eigenvalue weighted by molar-refractivity contribution is 6.44. The predicted molar refractivity (Wildman–Crippen MR) is 138 cm³/mol. The summed E-state index contributed by atoms with van der Waals surface area (Å²) in [6.45, 7) is 4.51. The van der Waals surface area contributed by atoms with Crippen LogP contribution >= 0.6 is 23.2 Å². The first-order chi connectivity index (χ1) is 18.7. The van der Waals surface area contributed by atoms with E-state index in [2.05, 4.69) is 25.2 Å². The van der Waals surface area contributed by atoms with Crippen LogP contribution in [0.25, 0.3) is 0 Å². The molecule has 4 heterocycles. The van der Waals surface area contributed by atoms with Crippen molar-refractivity contribution in [1.29, 1.82) is 0 Å². The zero-order chi connectivity index (χ0) is 29.5. The third kappa shape index (κ3) is 6.36. The van der Waals surface area contributed by atoms with Gasteiger partial charge in [-0.1, -0.05) is 23.2 Å². The van der Waals surface area contributed by atoms with Crippen molar-refractivity contribution in [3.8, 4) is 0 Å². The number of aryl methyl sites for hydroxylation is 1. The van der Waals surface area contributed by atoms with Crippen molar-refractivity contribution >= 4 is 52.8 Å². The van der Waals surface area contributed by atoms with E-state index in [9.17, 15) is 27.9 Å². The van der Waals surface area contributed by atoms with Crippen molar-refractivity contribution in [2.45, 2.75) is 38.0 Å². The molecule has 1 aliphatic carbocycles. The van der Waals surface area contributed by atoms with Crippen LogP contribution in [0.1, 0.15) is 39.5 Å². The van der Waals surface area contributed by atoms with Gasteiger partial charge in [0, 0.05) is 61.9 Å². The van der Waals surface area contributed by atoms with Crippen LogP contribution in [-0.4, -0.2) is 87.4 Å². The Morgan fingerprint density at radius 3 is 2.12 bits per heavy atom. The molecule has 3 fully saturated rings. The number of aromatic carboxylic acids is 1. The predicted octanol–water partition coefficient (Wildman–Crippen LogP) is 2.54. The molecular formula is C23H26Cl2F3N7O5. The average molecular weight is 608 g/mol. The summed E-state index contributed by atoms with van der Waals surface area (Å²) in [5, 5.41) is 20.3. The highest BCUT2D eigenvalue weighted by Gasteiger charge is 2.57. The molecule has 17 heteroatoms. The van der Waals surface area contributed by atoms with Crippen molar-refractivity contribution in [2.24, 2.45) is 17.6 Å². The summed E-state index contributed by atoms with van der Waals surface area (Å²) >= 11 is 12.2.